The highest BCUT2D eigenvalue weighted by molar-refractivity contribution is 5.81. The summed E-state index contributed by atoms with van der Waals surface area (Å²) in [5.74, 6) is 0.784. The smallest absolute Gasteiger partial charge is 0.194 e. The lowest BCUT2D eigenvalue weighted by Crippen LogP contribution is -2.34. The zero-order valence-electron chi connectivity index (χ0n) is 16.4. The molecule has 1 fully saturated rings. The Hall–Kier alpha value is -1.81. The number of nitrogens with one attached hydrogen (secondary N) is 1. The molecule has 26 heavy (non-hydrogen) atoms. The molecule has 0 unspecified atom stereocenters. The Labute approximate surface area is 156 Å². The second-order valence-corrected chi connectivity index (χ2v) is 7.67. The molecule has 1 aromatic carbocycles. The van der Waals surface area contributed by atoms with Crippen LogP contribution in [0.3, 0.4) is 0 Å². The monoisotopic (exact) mass is 356 g/mol. The number of aromatic nitrogens is 1. The number of H-pyrrole nitrogens is 1. The van der Waals surface area contributed by atoms with Crippen LogP contribution in [0.2, 0.25) is 0 Å². The molecule has 0 amide bonds. The summed E-state index contributed by atoms with van der Waals surface area (Å²) in [5, 5.41) is 0.733. The fourth-order valence-electron chi connectivity index (χ4n) is 3.95. The van der Waals surface area contributed by atoms with Gasteiger partial charge in [0.15, 0.2) is 5.43 Å². The quantitative estimate of drug-likeness (QED) is 0.726. The van der Waals surface area contributed by atoms with Crippen molar-refractivity contribution in [2.45, 2.75) is 71.4 Å². The fourth-order valence-corrected chi connectivity index (χ4v) is 3.95. The standard InChI is InChI=1S/C22H32N2O2/c1-4-5-13-26-18-11-12-21-19(14-18)22(25)20(16(2)23-21)15-24(3)17-9-7-6-8-10-17/h11-12,14,17H,4-10,13,15H2,1-3H3,(H,23,25). The van der Waals surface area contributed by atoms with Crippen LogP contribution in [0.15, 0.2) is 23.0 Å². The fraction of sp³-hybridized carbons (Fsp3) is 0.591. The van der Waals surface area contributed by atoms with Crippen molar-refractivity contribution >= 4 is 10.9 Å². The number of aromatic amines is 1. The van der Waals surface area contributed by atoms with Crippen molar-refractivity contribution in [2.75, 3.05) is 13.7 Å². The number of rotatable bonds is 7. The van der Waals surface area contributed by atoms with Crippen molar-refractivity contribution < 1.29 is 4.74 Å². The van der Waals surface area contributed by atoms with Gasteiger partial charge in [0, 0.05) is 34.7 Å². The Morgan fingerprint density at radius 1 is 1.23 bits per heavy atom. The maximum absolute atomic E-state index is 13.1. The zero-order chi connectivity index (χ0) is 18.5. The molecule has 1 heterocycles. The van der Waals surface area contributed by atoms with Crippen molar-refractivity contribution in [3.8, 4) is 5.75 Å². The first-order valence-corrected chi connectivity index (χ1v) is 10.1. The third-order valence-corrected chi connectivity index (χ3v) is 5.66. The van der Waals surface area contributed by atoms with Gasteiger partial charge in [0.1, 0.15) is 5.75 Å². The maximum Gasteiger partial charge on any atom is 0.194 e. The first-order valence-electron chi connectivity index (χ1n) is 10.1. The molecule has 1 aliphatic carbocycles. The highest BCUT2D eigenvalue weighted by Crippen LogP contribution is 2.24. The molecule has 142 valence electrons. The van der Waals surface area contributed by atoms with Crippen LogP contribution in [0.25, 0.3) is 10.9 Å². The lowest BCUT2D eigenvalue weighted by atomic mass is 9.94. The van der Waals surface area contributed by atoms with E-state index in [1.807, 2.05) is 25.1 Å². The summed E-state index contributed by atoms with van der Waals surface area (Å²) in [6, 6.07) is 6.40. The first kappa shape index (κ1) is 19.0. The number of unbranched alkanes of at least 4 members (excludes halogenated alkanes) is 1. The van der Waals surface area contributed by atoms with Gasteiger partial charge in [0.25, 0.3) is 0 Å². The summed E-state index contributed by atoms with van der Waals surface area (Å²) in [6.07, 6.45) is 8.58. The second kappa shape index (κ2) is 8.72. The van der Waals surface area contributed by atoms with Gasteiger partial charge >= 0.3 is 0 Å². The average molecular weight is 357 g/mol. The van der Waals surface area contributed by atoms with Crippen LogP contribution in [0, 0.1) is 6.92 Å². The summed E-state index contributed by atoms with van der Waals surface area (Å²) in [5.41, 5.74) is 2.89. The molecule has 0 bridgehead atoms. The first-order chi connectivity index (χ1) is 12.6. The number of nitrogens with zero attached hydrogens (tertiary/aromatic N) is 1. The van der Waals surface area contributed by atoms with Gasteiger partial charge in [-0.3, -0.25) is 9.69 Å². The Balaban J connectivity index is 1.85. The highest BCUT2D eigenvalue weighted by atomic mass is 16.5. The molecular formula is C22H32N2O2. The molecule has 1 aromatic heterocycles. The molecule has 0 spiro atoms. The van der Waals surface area contributed by atoms with Gasteiger partial charge in [-0.25, -0.2) is 0 Å². The summed E-state index contributed by atoms with van der Waals surface area (Å²) in [7, 11) is 2.16. The minimum absolute atomic E-state index is 0.139. The van der Waals surface area contributed by atoms with E-state index in [-0.39, 0.29) is 5.43 Å². The van der Waals surface area contributed by atoms with Crippen molar-refractivity contribution in [1.29, 1.82) is 0 Å². The number of pyridine rings is 1. The molecular weight excluding hydrogens is 324 g/mol. The summed E-state index contributed by atoms with van der Waals surface area (Å²) in [6.45, 7) is 5.56. The van der Waals surface area contributed by atoms with E-state index in [4.69, 9.17) is 4.74 Å². The van der Waals surface area contributed by atoms with Gasteiger partial charge in [-0.05, 0) is 51.4 Å². The van der Waals surface area contributed by atoms with E-state index in [1.165, 1.54) is 32.1 Å². The number of benzene rings is 1. The second-order valence-electron chi connectivity index (χ2n) is 7.67. The molecule has 0 saturated heterocycles. The van der Waals surface area contributed by atoms with Crippen molar-refractivity contribution in [2.24, 2.45) is 0 Å². The van der Waals surface area contributed by atoms with E-state index in [2.05, 4.69) is 23.9 Å². The predicted octanol–water partition coefficient (Wildman–Crippen LogP) is 4.78. The summed E-state index contributed by atoms with van der Waals surface area (Å²) >= 11 is 0. The topological polar surface area (TPSA) is 45.3 Å². The molecule has 0 aliphatic heterocycles. The normalized spacial score (nSPS) is 15.7. The molecule has 4 heteroatoms. The van der Waals surface area contributed by atoms with Crippen LogP contribution >= 0.6 is 0 Å². The average Bonchev–Trinajstić information content (AvgIpc) is 2.66. The molecule has 0 atom stereocenters. The van der Waals surface area contributed by atoms with Gasteiger partial charge in [-0.15, -0.1) is 0 Å². The Kier molecular flexibility index (Phi) is 6.36. The number of hydrogen-bond donors (Lipinski definition) is 1. The molecule has 2 aromatic rings. The Morgan fingerprint density at radius 3 is 2.73 bits per heavy atom. The highest BCUT2D eigenvalue weighted by Gasteiger charge is 2.20. The van der Waals surface area contributed by atoms with Crippen LogP contribution in [-0.2, 0) is 6.54 Å². The van der Waals surface area contributed by atoms with Gasteiger partial charge in [0.05, 0.1) is 6.61 Å². The number of ether oxygens (including phenoxy) is 1. The third kappa shape index (κ3) is 4.29. The van der Waals surface area contributed by atoms with E-state index in [0.717, 1.165) is 40.8 Å². The van der Waals surface area contributed by atoms with E-state index < -0.39 is 0 Å². The van der Waals surface area contributed by atoms with Crippen molar-refractivity contribution in [3.63, 3.8) is 0 Å². The van der Waals surface area contributed by atoms with Crippen molar-refractivity contribution in [1.82, 2.24) is 9.88 Å². The maximum atomic E-state index is 13.1. The van der Waals surface area contributed by atoms with E-state index >= 15 is 0 Å². The molecule has 4 nitrogen and oxygen atoms in total. The molecule has 0 radical (unpaired) electrons. The largest absolute Gasteiger partial charge is 0.494 e. The Morgan fingerprint density at radius 2 is 2.00 bits per heavy atom. The van der Waals surface area contributed by atoms with E-state index in [1.54, 1.807) is 0 Å². The number of hydrogen-bond acceptors (Lipinski definition) is 3. The predicted molar refractivity (Wildman–Crippen MR) is 108 cm³/mol. The Bertz CT molecular complexity index is 791. The van der Waals surface area contributed by atoms with Gasteiger partial charge in [0.2, 0.25) is 0 Å². The van der Waals surface area contributed by atoms with Crippen LogP contribution in [0.4, 0.5) is 0 Å². The number of aryl methyl sites for hydroxylation is 1. The number of fused-ring (bicyclic) bond motifs is 1. The lowest BCUT2D eigenvalue weighted by molar-refractivity contribution is 0.184. The molecule has 1 N–H and O–H groups in total. The molecule has 1 aliphatic rings. The third-order valence-electron chi connectivity index (χ3n) is 5.66. The summed E-state index contributed by atoms with van der Waals surface area (Å²) in [4.78, 5) is 18.9. The van der Waals surface area contributed by atoms with Gasteiger partial charge in [-0.2, -0.15) is 0 Å². The SMILES string of the molecule is CCCCOc1ccc2[nH]c(C)c(CN(C)C3CCCCC3)c(=O)c2c1. The zero-order valence-corrected chi connectivity index (χ0v) is 16.4. The minimum atomic E-state index is 0.139. The van der Waals surface area contributed by atoms with Crippen molar-refractivity contribution in [3.05, 3.63) is 39.7 Å². The van der Waals surface area contributed by atoms with Crippen LogP contribution in [0.5, 0.6) is 5.75 Å². The van der Waals surface area contributed by atoms with E-state index in [9.17, 15) is 4.79 Å². The van der Waals surface area contributed by atoms with E-state index in [0.29, 0.717) is 19.2 Å². The summed E-state index contributed by atoms with van der Waals surface area (Å²) < 4.78 is 5.79. The van der Waals surface area contributed by atoms with Crippen LogP contribution < -0.4 is 10.2 Å². The molecule has 3 rings (SSSR count). The minimum Gasteiger partial charge on any atom is -0.494 e. The van der Waals surface area contributed by atoms with Gasteiger partial charge < -0.3 is 9.72 Å². The molecule has 1 saturated carbocycles. The van der Waals surface area contributed by atoms with Crippen LogP contribution in [0.1, 0.15) is 63.1 Å². The lowest BCUT2D eigenvalue weighted by Gasteiger charge is -2.31. The van der Waals surface area contributed by atoms with Gasteiger partial charge in [-0.1, -0.05) is 32.6 Å². The van der Waals surface area contributed by atoms with Crippen LogP contribution in [-0.4, -0.2) is 29.6 Å².